The molecule has 0 unspecified atom stereocenters. The first-order chi connectivity index (χ1) is 22.3. The molecule has 1 aliphatic carbocycles. The minimum absolute atomic E-state index is 0.132. The van der Waals surface area contributed by atoms with Gasteiger partial charge in [-0.1, -0.05) is 36.4 Å². The number of carbonyl (C=O) groups excluding carboxylic acids is 3. The Hall–Kier alpha value is -4.60. The van der Waals surface area contributed by atoms with Crippen LogP contribution in [-0.2, 0) is 20.7 Å². The van der Waals surface area contributed by atoms with Gasteiger partial charge in [0.1, 0.15) is 17.5 Å². The molecule has 250 valence electrons. The minimum Gasteiger partial charge on any atom is -0.444 e. The van der Waals surface area contributed by atoms with E-state index in [1.54, 1.807) is 7.05 Å². The fourth-order valence-electron chi connectivity index (χ4n) is 5.79. The molecule has 3 aromatic rings. The van der Waals surface area contributed by atoms with E-state index in [4.69, 9.17) is 4.74 Å². The molecule has 47 heavy (non-hydrogen) atoms. The number of anilines is 1. The number of aliphatic imine (C=N–C) groups is 1. The Balaban J connectivity index is 1.45. The van der Waals surface area contributed by atoms with Crippen molar-refractivity contribution >= 4 is 29.3 Å². The highest BCUT2D eigenvalue weighted by Gasteiger charge is 2.30. The predicted octanol–water partition coefficient (Wildman–Crippen LogP) is 6.20. The number of aryl methyl sites for hydroxylation is 2. The summed E-state index contributed by atoms with van der Waals surface area (Å²) in [4.78, 5) is 52.5. The van der Waals surface area contributed by atoms with Gasteiger partial charge in [0.25, 0.3) is 0 Å². The molecule has 1 aliphatic rings. The molecule has 3 N–H and O–H groups in total. The Kier molecular flexibility index (Phi) is 11.9. The van der Waals surface area contributed by atoms with E-state index in [1.165, 1.54) is 0 Å². The number of aromatic nitrogens is 2. The molecular formula is C37H48N6O4. The molecule has 3 amide bonds. The maximum atomic E-state index is 13.7. The lowest BCUT2D eigenvalue weighted by Gasteiger charge is -2.29. The lowest BCUT2D eigenvalue weighted by Crippen LogP contribution is -2.48. The van der Waals surface area contributed by atoms with E-state index in [0.29, 0.717) is 37.3 Å². The highest BCUT2D eigenvalue weighted by molar-refractivity contribution is 6.00. The van der Waals surface area contributed by atoms with Gasteiger partial charge in [-0.05, 0) is 102 Å². The third-order valence-corrected chi connectivity index (χ3v) is 8.47. The van der Waals surface area contributed by atoms with Gasteiger partial charge < -0.3 is 20.7 Å². The van der Waals surface area contributed by atoms with Gasteiger partial charge in [-0.2, -0.15) is 0 Å². The van der Waals surface area contributed by atoms with Gasteiger partial charge in [0.2, 0.25) is 11.8 Å². The van der Waals surface area contributed by atoms with Crippen molar-refractivity contribution in [2.24, 2.45) is 16.8 Å². The van der Waals surface area contributed by atoms with E-state index in [-0.39, 0.29) is 23.7 Å². The van der Waals surface area contributed by atoms with Crippen LogP contribution in [0.15, 0.2) is 59.7 Å². The standard InChI is InChI=1S/C37H48N6O4/c1-23(38-7)28-15-17-31(18-16-28)42-35(45)33(20-27-9-8-10-30(19-27)32-22-39-25(3)41-24(32)2)43-34(44)29-13-11-26(12-14-29)21-40-36(46)47-37(4,5)6/h8-10,15-19,22,26,29,33H,11-14,20-21H2,1-7H3,(H,40,46)(H,42,45)(H,43,44)/t26?,29?,33-/m0/s1. The molecular weight excluding hydrogens is 592 g/mol. The number of hydrogen-bond donors (Lipinski definition) is 3. The number of carbonyl (C=O) groups is 3. The van der Waals surface area contributed by atoms with Gasteiger partial charge in [0.05, 0.1) is 0 Å². The van der Waals surface area contributed by atoms with Gasteiger partial charge in [0.15, 0.2) is 0 Å². The van der Waals surface area contributed by atoms with Crippen molar-refractivity contribution in [2.45, 2.75) is 85.3 Å². The van der Waals surface area contributed by atoms with Crippen LogP contribution in [0.1, 0.15) is 76.0 Å². The molecule has 4 rings (SSSR count). The Morgan fingerprint density at radius 1 is 1.02 bits per heavy atom. The number of hydrogen-bond acceptors (Lipinski definition) is 7. The highest BCUT2D eigenvalue weighted by Crippen LogP contribution is 2.29. The number of amides is 3. The van der Waals surface area contributed by atoms with Gasteiger partial charge in [-0.25, -0.2) is 14.8 Å². The van der Waals surface area contributed by atoms with Gasteiger partial charge in [0, 0.05) is 54.8 Å². The molecule has 0 bridgehead atoms. The number of rotatable bonds is 10. The quantitative estimate of drug-likeness (QED) is 0.226. The second kappa shape index (κ2) is 15.8. The molecule has 1 heterocycles. The van der Waals surface area contributed by atoms with Crippen molar-refractivity contribution in [2.75, 3.05) is 18.9 Å². The molecule has 0 spiro atoms. The fourth-order valence-corrected chi connectivity index (χ4v) is 5.79. The van der Waals surface area contributed by atoms with Crippen LogP contribution in [0.4, 0.5) is 10.5 Å². The number of benzene rings is 2. The maximum absolute atomic E-state index is 13.7. The first kappa shape index (κ1) is 35.3. The van der Waals surface area contributed by atoms with Crippen LogP contribution in [0.3, 0.4) is 0 Å². The maximum Gasteiger partial charge on any atom is 0.407 e. The number of nitrogens with one attached hydrogen (secondary N) is 3. The molecule has 1 saturated carbocycles. The summed E-state index contributed by atoms with van der Waals surface area (Å²) in [5.74, 6) is 0.347. The molecule has 1 fully saturated rings. The van der Waals surface area contributed by atoms with Gasteiger partial charge in [-0.15, -0.1) is 0 Å². The second-order valence-corrected chi connectivity index (χ2v) is 13.4. The SMILES string of the molecule is CN=C(C)c1ccc(NC(=O)[C@H](Cc2cccc(-c3cnc(C)nc3C)c2)NC(=O)C2CCC(CNC(=O)OC(C)(C)C)CC2)cc1. The predicted molar refractivity (Wildman–Crippen MR) is 185 cm³/mol. The van der Waals surface area contributed by atoms with E-state index in [2.05, 4.69) is 30.9 Å². The van der Waals surface area contributed by atoms with Crippen molar-refractivity contribution in [1.29, 1.82) is 0 Å². The number of nitrogens with zero attached hydrogens (tertiary/aromatic N) is 3. The van der Waals surface area contributed by atoms with Crippen molar-refractivity contribution in [1.82, 2.24) is 20.6 Å². The van der Waals surface area contributed by atoms with Crippen LogP contribution >= 0.6 is 0 Å². The summed E-state index contributed by atoms with van der Waals surface area (Å²) in [6.45, 7) is 11.8. The van der Waals surface area contributed by atoms with Gasteiger partial charge in [-0.3, -0.25) is 14.6 Å². The van der Waals surface area contributed by atoms with E-state index < -0.39 is 17.7 Å². The summed E-state index contributed by atoms with van der Waals surface area (Å²) in [7, 11) is 1.74. The summed E-state index contributed by atoms with van der Waals surface area (Å²) >= 11 is 0. The molecule has 10 heteroatoms. The van der Waals surface area contributed by atoms with Gasteiger partial charge >= 0.3 is 6.09 Å². The van der Waals surface area contributed by atoms with Crippen LogP contribution in [0, 0.1) is 25.7 Å². The van der Waals surface area contributed by atoms with Crippen molar-refractivity contribution in [3.05, 3.63) is 77.4 Å². The second-order valence-electron chi connectivity index (χ2n) is 13.4. The van der Waals surface area contributed by atoms with Crippen LogP contribution in [0.25, 0.3) is 11.1 Å². The third kappa shape index (κ3) is 10.5. The summed E-state index contributed by atoms with van der Waals surface area (Å²) in [6, 6.07) is 14.7. The van der Waals surface area contributed by atoms with Crippen molar-refractivity contribution < 1.29 is 19.1 Å². The number of ether oxygens (including phenoxy) is 1. The van der Waals surface area contributed by atoms with E-state index in [9.17, 15) is 14.4 Å². The van der Waals surface area contributed by atoms with Crippen molar-refractivity contribution in [3.63, 3.8) is 0 Å². The van der Waals surface area contributed by atoms with Crippen LogP contribution in [-0.4, -0.2) is 58.8 Å². The summed E-state index contributed by atoms with van der Waals surface area (Å²) in [6.07, 6.45) is 4.67. The molecule has 2 aromatic carbocycles. The van der Waals surface area contributed by atoms with E-state index in [1.807, 2.05) is 96.3 Å². The smallest absolute Gasteiger partial charge is 0.407 e. The minimum atomic E-state index is -0.793. The molecule has 0 aliphatic heterocycles. The average Bonchev–Trinajstić information content (AvgIpc) is 3.03. The summed E-state index contributed by atoms with van der Waals surface area (Å²) in [5, 5.41) is 8.94. The average molecular weight is 641 g/mol. The van der Waals surface area contributed by atoms with E-state index in [0.717, 1.165) is 46.5 Å². The first-order valence-electron chi connectivity index (χ1n) is 16.3. The third-order valence-electron chi connectivity index (χ3n) is 8.47. The highest BCUT2D eigenvalue weighted by atomic mass is 16.6. The first-order valence-corrected chi connectivity index (χ1v) is 16.3. The van der Waals surface area contributed by atoms with Crippen LogP contribution in [0.5, 0.6) is 0 Å². The Morgan fingerprint density at radius 2 is 1.72 bits per heavy atom. The summed E-state index contributed by atoms with van der Waals surface area (Å²) in [5.41, 5.74) is 5.62. The Labute approximate surface area is 278 Å². The van der Waals surface area contributed by atoms with Crippen LogP contribution < -0.4 is 16.0 Å². The molecule has 1 atom stereocenters. The molecule has 0 radical (unpaired) electrons. The zero-order chi connectivity index (χ0) is 34.1. The normalized spacial score (nSPS) is 17.4. The topological polar surface area (TPSA) is 135 Å². The zero-order valence-corrected chi connectivity index (χ0v) is 28.6. The molecule has 1 aromatic heterocycles. The largest absolute Gasteiger partial charge is 0.444 e. The lowest BCUT2D eigenvalue weighted by molar-refractivity contribution is -0.130. The molecule has 0 saturated heterocycles. The summed E-state index contributed by atoms with van der Waals surface area (Å²) < 4.78 is 5.35. The van der Waals surface area contributed by atoms with Crippen molar-refractivity contribution in [3.8, 4) is 11.1 Å². The molecule has 10 nitrogen and oxygen atoms in total. The number of alkyl carbamates (subject to hydrolysis) is 1. The van der Waals surface area contributed by atoms with Crippen LogP contribution in [0.2, 0.25) is 0 Å². The monoisotopic (exact) mass is 640 g/mol. The Bertz CT molecular complexity index is 1590. The lowest BCUT2D eigenvalue weighted by atomic mass is 9.81. The Morgan fingerprint density at radius 3 is 2.36 bits per heavy atom. The van der Waals surface area contributed by atoms with E-state index >= 15 is 0 Å². The fraction of sp³-hybridized carbons (Fsp3) is 0.459. The zero-order valence-electron chi connectivity index (χ0n) is 28.6.